The number of ether oxygens (including phenoxy) is 1. The molecule has 19 heavy (non-hydrogen) atoms. The maximum absolute atomic E-state index is 11.8. The molecule has 110 valence electrons. The van der Waals surface area contributed by atoms with Crippen molar-refractivity contribution in [2.75, 3.05) is 6.61 Å². The summed E-state index contributed by atoms with van der Waals surface area (Å²) in [6.07, 6.45) is 4.15. The number of amidine groups is 1. The van der Waals surface area contributed by atoms with E-state index in [1.54, 1.807) is 0 Å². The molecule has 0 heterocycles. The molecule has 4 N–H and O–H groups in total. The third-order valence-corrected chi connectivity index (χ3v) is 3.94. The van der Waals surface area contributed by atoms with Crippen molar-refractivity contribution in [1.82, 2.24) is 5.32 Å². The van der Waals surface area contributed by atoms with Crippen LogP contribution in [0.5, 0.6) is 0 Å². The Bertz CT molecular complexity index is 321. The minimum absolute atomic E-state index is 0.0450. The van der Waals surface area contributed by atoms with Gasteiger partial charge in [0, 0.05) is 0 Å². The van der Waals surface area contributed by atoms with Gasteiger partial charge in [-0.25, -0.2) is 4.79 Å². The zero-order chi connectivity index (χ0) is 14.5. The lowest BCUT2D eigenvalue weighted by molar-refractivity contribution is 0.119. The molecule has 1 aliphatic carbocycles. The van der Waals surface area contributed by atoms with Crippen molar-refractivity contribution >= 4 is 11.9 Å². The molecule has 0 atom stereocenters. The van der Waals surface area contributed by atoms with Crippen molar-refractivity contribution in [3.05, 3.63) is 0 Å². The predicted octanol–water partition coefficient (Wildman–Crippen LogP) is 2.64. The summed E-state index contributed by atoms with van der Waals surface area (Å²) in [6.45, 7) is 6.54. The summed E-state index contributed by atoms with van der Waals surface area (Å²) in [5.41, 5.74) is 5.01. The SMILES string of the molecule is CCC1CCC(NC(=O)OCC(C)C)(C(=N)N)CC1. The quantitative estimate of drug-likeness (QED) is 0.529. The fraction of sp³-hybridized carbons (Fsp3) is 0.857. The molecule has 1 saturated carbocycles. The summed E-state index contributed by atoms with van der Waals surface area (Å²) >= 11 is 0. The van der Waals surface area contributed by atoms with Crippen LogP contribution in [-0.4, -0.2) is 24.1 Å². The molecular weight excluding hydrogens is 242 g/mol. The van der Waals surface area contributed by atoms with E-state index in [2.05, 4.69) is 12.2 Å². The Labute approximate surface area is 115 Å². The predicted molar refractivity (Wildman–Crippen MR) is 76.2 cm³/mol. The first kappa shape index (κ1) is 15.8. The molecule has 0 saturated heterocycles. The topological polar surface area (TPSA) is 88.2 Å². The Morgan fingerprint density at radius 1 is 1.47 bits per heavy atom. The van der Waals surface area contributed by atoms with Gasteiger partial charge in [0.25, 0.3) is 0 Å². The third-order valence-electron chi connectivity index (χ3n) is 3.94. The van der Waals surface area contributed by atoms with Crippen LogP contribution in [0, 0.1) is 17.2 Å². The lowest BCUT2D eigenvalue weighted by Crippen LogP contribution is -2.59. The standard InChI is InChI=1S/C14H27N3O2/c1-4-11-5-7-14(8-6-11,12(15)16)17-13(18)19-9-10(2)3/h10-11H,4-9H2,1-3H3,(H3,15,16)(H,17,18). The Morgan fingerprint density at radius 2 is 2.05 bits per heavy atom. The molecule has 0 aromatic carbocycles. The fourth-order valence-corrected chi connectivity index (χ4v) is 2.51. The highest BCUT2D eigenvalue weighted by Crippen LogP contribution is 2.33. The summed E-state index contributed by atoms with van der Waals surface area (Å²) in [6, 6.07) is 0. The molecule has 5 heteroatoms. The van der Waals surface area contributed by atoms with E-state index in [-0.39, 0.29) is 5.84 Å². The van der Waals surface area contributed by atoms with E-state index in [1.807, 2.05) is 13.8 Å². The van der Waals surface area contributed by atoms with E-state index in [1.165, 1.54) is 0 Å². The number of carbonyl (C=O) groups is 1. The van der Waals surface area contributed by atoms with Crippen LogP contribution in [0.15, 0.2) is 0 Å². The van der Waals surface area contributed by atoms with Gasteiger partial charge >= 0.3 is 6.09 Å². The molecule has 0 bridgehead atoms. The largest absolute Gasteiger partial charge is 0.449 e. The maximum Gasteiger partial charge on any atom is 0.407 e. The molecule has 1 amide bonds. The zero-order valence-corrected chi connectivity index (χ0v) is 12.3. The Hall–Kier alpha value is -1.26. The van der Waals surface area contributed by atoms with E-state index in [9.17, 15) is 4.79 Å². The van der Waals surface area contributed by atoms with Gasteiger partial charge in [-0.2, -0.15) is 0 Å². The molecule has 1 aliphatic rings. The van der Waals surface area contributed by atoms with E-state index in [0.29, 0.717) is 18.4 Å². The van der Waals surface area contributed by atoms with Gasteiger partial charge in [0.15, 0.2) is 0 Å². The van der Waals surface area contributed by atoms with Gasteiger partial charge in [0.1, 0.15) is 11.4 Å². The van der Waals surface area contributed by atoms with Crippen LogP contribution in [-0.2, 0) is 4.74 Å². The number of rotatable bonds is 5. The van der Waals surface area contributed by atoms with Gasteiger partial charge in [-0.1, -0.05) is 27.2 Å². The van der Waals surface area contributed by atoms with Crippen LogP contribution in [0.2, 0.25) is 0 Å². The molecule has 0 radical (unpaired) electrons. The van der Waals surface area contributed by atoms with Gasteiger partial charge in [-0.05, 0) is 37.5 Å². The van der Waals surface area contributed by atoms with Gasteiger partial charge < -0.3 is 15.8 Å². The summed E-state index contributed by atoms with van der Waals surface area (Å²) < 4.78 is 5.13. The Kier molecular flexibility index (Phi) is 5.63. The zero-order valence-electron chi connectivity index (χ0n) is 12.3. The number of amides is 1. The van der Waals surface area contributed by atoms with Crippen molar-refractivity contribution in [3.63, 3.8) is 0 Å². The number of nitrogens with one attached hydrogen (secondary N) is 2. The highest BCUT2D eigenvalue weighted by Gasteiger charge is 2.39. The molecular formula is C14H27N3O2. The second-order valence-electron chi connectivity index (χ2n) is 5.96. The normalized spacial score (nSPS) is 27.1. The Balaban J connectivity index is 2.58. The minimum Gasteiger partial charge on any atom is -0.449 e. The molecule has 1 fully saturated rings. The summed E-state index contributed by atoms with van der Waals surface area (Å²) in [7, 11) is 0. The number of hydrogen-bond acceptors (Lipinski definition) is 3. The number of alkyl carbamates (subject to hydrolysis) is 1. The summed E-state index contributed by atoms with van der Waals surface area (Å²) in [5.74, 6) is 1.03. The van der Waals surface area contributed by atoms with Crippen molar-refractivity contribution in [2.45, 2.75) is 58.4 Å². The van der Waals surface area contributed by atoms with Crippen LogP contribution in [0.4, 0.5) is 4.79 Å². The number of carbonyl (C=O) groups excluding carboxylic acids is 1. The third kappa shape index (κ3) is 4.40. The van der Waals surface area contributed by atoms with Crippen molar-refractivity contribution in [3.8, 4) is 0 Å². The molecule has 1 rings (SSSR count). The minimum atomic E-state index is -0.695. The number of nitrogens with two attached hydrogens (primary N) is 1. The van der Waals surface area contributed by atoms with E-state index in [4.69, 9.17) is 15.9 Å². The highest BCUT2D eigenvalue weighted by atomic mass is 16.5. The summed E-state index contributed by atoms with van der Waals surface area (Å²) in [4.78, 5) is 11.8. The van der Waals surface area contributed by atoms with Crippen LogP contribution in [0.3, 0.4) is 0 Å². The molecule has 5 nitrogen and oxygen atoms in total. The lowest BCUT2D eigenvalue weighted by atomic mass is 9.75. The number of hydrogen-bond donors (Lipinski definition) is 3. The fourth-order valence-electron chi connectivity index (χ4n) is 2.51. The maximum atomic E-state index is 11.8. The summed E-state index contributed by atoms with van der Waals surface area (Å²) in [5, 5.41) is 10.6. The monoisotopic (exact) mass is 269 g/mol. The van der Waals surface area contributed by atoms with Crippen molar-refractivity contribution in [1.29, 1.82) is 5.41 Å². The van der Waals surface area contributed by atoms with E-state index >= 15 is 0 Å². The molecule has 0 unspecified atom stereocenters. The first-order valence-electron chi connectivity index (χ1n) is 7.19. The smallest absolute Gasteiger partial charge is 0.407 e. The van der Waals surface area contributed by atoms with Crippen molar-refractivity contribution in [2.24, 2.45) is 17.6 Å². The van der Waals surface area contributed by atoms with Crippen LogP contribution < -0.4 is 11.1 Å². The van der Waals surface area contributed by atoms with Crippen LogP contribution in [0.25, 0.3) is 0 Å². The second-order valence-corrected chi connectivity index (χ2v) is 5.96. The van der Waals surface area contributed by atoms with E-state index < -0.39 is 11.6 Å². The Morgan fingerprint density at radius 3 is 2.47 bits per heavy atom. The van der Waals surface area contributed by atoms with Gasteiger partial charge in [-0.3, -0.25) is 5.41 Å². The first-order chi connectivity index (χ1) is 8.89. The molecule has 0 aromatic rings. The highest BCUT2D eigenvalue weighted by molar-refractivity contribution is 5.90. The molecule has 0 aromatic heterocycles. The van der Waals surface area contributed by atoms with Gasteiger partial charge in [0.2, 0.25) is 0 Å². The average Bonchev–Trinajstić information content (AvgIpc) is 2.37. The van der Waals surface area contributed by atoms with E-state index in [0.717, 1.165) is 32.1 Å². The van der Waals surface area contributed by atoms with Crippen molar-refractivity contribution < 1.29 is 9.53 Å². The van der Waals surface area contributed by atoms with Gasteiger partial charge in [0.05, 0.1) is 6.61 Å². The average molecular weight is 269 g/mol. The lowest BCUT2D eigenvalue weighted by Gasteiger charge is -2.39. The van der Waals surface area contributed by atoms with Gasteiger partial charge in [-0.15, -0.1) is 0 Å². The second kappa shape index (κ2) is 6.78. The van der Waals surface area contributed by atoms with Crippen LogP contribution >= 0.6 is 0 Å². The first-order valence-corrected chi connectivity index (χ1v) is 7.19. The molecule has 0 aliphatic heterocycles. The van der Waals surface area contributed by atoms with Crippen LogP contribution in [0.1, 0.15) is 52.9 Å². The molecule has 0 spiro atoms.